The first kappa shape index (κ1) is 13.0. The van der Waals surface area contributed by atoms with E-state index in [4.69, 9.17) is 5.11 Å². The first-order valence-corrected chi connectivity index (χ1v) is 6.82. The zero-order valence-corrected chi connectivity index (χ0v) is 11.9. The van der Waals surface area contributed by atoms with Gasteiger partial charge in [-0.05, 0) is 45.9 Å². The van der Waals surface area contributed by atoms with Crippen LogP contribution in [-0.4, -0.2) is 15.6 Å². The monoisotopic (exact) mass is 327 g/mol. The molecule has 4 nitrogen and oxygen atoms in total. The smallest absolute Gasteiger partial charge is 0.346 e. The summed E-state index contributed by atoms with van der Waals surface area (Å²) >= 11 is 4.49. The molecule has 0 aliphatic rings. The Hall–Kier alpha value is -1.40. The van der Waals surface area contributed by atoms with E-state index in [1.165, 1.54) is 4.57 Å². The lowest BCUT2D eigenvalue weighted by molar-refractivity contribution is 0.0701. The summed E-state index contributed by atoms with van der Waals surface area (Å²) in [6, 6.07) is 3.47. The summed E-state index contributed by atoms with van der Waals surface area (Å²) in [6.45, 7) is 2.00. The largest absolute Gasteiger partial charge is 0.477 e. The molecule has 2 aromatic rings. The number of aryl methyl sites for hydroxylation is 1. The number of aromatic nitrogens is 1. The highest BCUT2D eigenvalue weighted by Gasteiger charge is 2.13. The van der Waals surface area contributed by atoms with Crippen molar-refractivity contribution >= 4 is 33.2 Å². The molecule has 2 heterocycles. The van der Waals surface area contributed by atoms with Gasteiger partial charge in [-0.3, -0.25) is 4.79 Å². The van der Waals surface area contributed by atoms with Crippen molar-refractivity contribution < 1.29 is 9.90 Å². The number of nitrogens with zero attached hydrogens (tertiary/aromatic N) is 1. The van der Waals surface area contributed by atoms with Crippen LogP contribution in [-0.2, 0) is 6.54 Å². The van der Waals surface area contributed by atoms with E-state index in [0.29, 0.717) is 11.1 Å². The lowest BCUT2D eigenvalue weighted by Gasteiger charge is -2.07. The van der Waals surface area contributed by atoms with Crippen LogP contribution in [0.5, 0.6) is 0 Å². The van der Waals surface area contributed by atoms with Gasteiger partial charge in [0.15, 0.2) is 0 Å². The van der Waals surface area contributed by atoms with Crippen molar-refractivity contribution in [2.75, 3.05) is 0 Å². The number of carbonyl (C=O) groups is 1. The quantitative estimate of drug-likeness (QED) is 0.942. The third-order valence-electron chi connectivity index (χ3n) is 2.51. The molecule has 1 N–H and O–H groups in total. The number of aromatic carboxylic acids is 1. The summed E-state index contributed by atoms with van der Waals surface area (Å²) in [5, 5.41) is 10.7. The van der Waals surface area contributed by atoms with Crippen LogP contribution in [0.1, 0.15) is 20.8 Å². The molecule has 0 unspecified atom stereocenters. The summed E-state index contributed by atoms with van der Waals surface area (Å²) < 4.78 is 2.31. The zero-order valence-electron chi connectivity index (χ0n) is 9.51. The molecular formula is C12H10BrNO3S. The maximum Gasteiger partial charge on any atom is 0.346 e. The molecule has 6 heteroatoms. The van der Waals surface area contributed by atoms with Crippen molar-refractivity contribution in [3.8, 4) is 0 Å². The van der Waals surface area contributed by atoms with Gasteiger partial charge in [0, 0.05) is 16.2 Å². The van der Waals surface area contributed by atoms with E-state index in [1.807, 2.05) is 0 Å². The van der Waals surface area contributed by atoms with Gasteiger partial charge in [-0.25, -0.2) is 4.79 Å². The predicted molar refractivity (Wildman–Crippen MR) is 73.5 cm³/mol. The fourth-order valence-electron chi connectivity index (χ4n) is 1.69. The lowest BCUT2D eigenvalue weighted by Crippen LogP contribution is -2.22. The Balaban J connectivity index is 2.43. The summed E-state index contributed by atoms with van der Waals surface area (Å²) in [7, 11) is 0. The fraction of sp³-hybridized carbons (Fsp3) is 0.167. The molecule has 0 aromatic carbocycles. The molecule has 0 aliphatic heterocycles. The van der Waals surface area contributed by atoms with Gasteiger partial charge in [0.2, 0.25) is 0 Å². The number of rotatable bonds is 3. The number of halogens is 1. The van der Waals surface area contributed by atoms with Crippen LogP contribution in [0.25, 0.3) is 0 Å². The molecule has 0 aliphatic carbocycles. The highest BCUT2D eigenvalue weighted by Crippen LogP contribution is 2.18. The van der Waals surface area contributed by atoms with Crippen LogP contribution in [0.3, 0.4) is 0 Å². The van der Waals surface area contributed by atoms with E-state index in [9.17, 15) is 9.59 Å². The standard InChI is InChI=1S/C12H10BrNO3S/c1-7-4-9(13)6-14(11(7)15)5-8-2-3-18-10(8)12(16)17/h2-4,6H,5H2,1H3,(H,16,17). The van der Waals surface area contributed by atoms with E-state index in [0.717, 1.165) is 15.8 Å². The zero-order chi connectivity index (χ0) is 13.3. The van der Waals surface area contributed by atoms with Crippen molar-refractivity contribution in [1.82, 2.24) is 4.57 Å². The molecule has 0 fully saturated rings. The minimum atomic E-state index is -0.959. The fourth-order valence-corrected chi connectivity index (χ4v) is 3.03. The molecule has 18 heavy (non-hydrogen) atoms. The third kappa shape index (κ3) is 2.54. The molecule has 0 saturated heterocycles. The van der Waals surface area contributed by atoms with Crippen LogP contribution in [0.4, 0.5) is 0 Å². The van der Waals surface area contributed by atoms with Crippen LogP contribution in [0, 0.1) is 6.92 Å². The van der Waals surface area contributed by atoms with E-state index < -0.39 is 5.97 Å². The van der Waals surface area contributed by atoms with E-state index in [-0.39, 0.29) is 17.0 Å². The number of carboxylic acid groups (broad SMARTS) is 1. The SMILES string of the molecule is Cc1cc(Br)cn(Cc2ccsc2C(=O)O)c1=O. The number of hydrogen-bond acceptors (Lipinski definition) is 3. The maximum atomic E-state index is 11.9. The Labute approximate surface area is 116 Å². The van der Waals surface area contributed by atoms with Crippen molar-refractivity contribution in [1.29, 1.82) is 0 Å². The number of thiophene rings is 1. The van der Waals surface area contributed by atoms with Crippen molar-refractivity contribution in [3.05, 3.63) is 54.5 Å². The molecule has 0 saturated carbocycles. The molecule has 0 amide bonds. The molecule has 94 valence electrons. The van der Waals surface area contributed by atoms with Gasteiger partial charge in [-0.15, -0.1) is 11.3 Å². The Kier molecular flexibility index (Phi) is 3.68. The minimum Gasteiger partial charge on any atom is -0.477 e. The van der Waals surface area contributed by atoms with Crippen molar-refractivity contribution in [3.63, 3.8) is 0 Å². The number of hydrogen-bond donors (Lipinski definition) is 1. The molecule has 2 aromatic heterocycles. The average Bonchev–Trinajstić information content (AvgIpc) is 2.73. The molecular weight excluding hydrogens is 318 g/mol. The summed E-state index contributed by atoms with van der Waals surface area (Å²) in [4.78, 5) is 23.2. The van der Waals surface area contributed by atoms with Crippen LogP contribution < -0.4 is 5.56 Å². The average molecular weight is 328 g/mol. The highest BCUT2D eigenvalue weighted by atomic mass is 79.9. The summed E-state index contributed by atoms with van der Waals surface area (Å²) in [5.74, 6) is -0.959. The number of carboxylic acids is 1. The van der Waals surface area contributed by atoms with E-state index in [2.05, 4.69) is 15.9 Å². The van der Waals surface area contributed by atoms with Gasteiger partial charge < -0.3 is 9.67 Å². The van der Waals surface area contributed by atoms with Crippen molar-refractivity contribution in [2.45, 2.75) is 13.5 Å². The summed E-state index contributed by atoms with van der Waals surface area (Å²) in [5.41, 5.74) is 1.16. The van der Waals surface area contributed by atoms with Gasteiger partial charge in [0.05, 0.1) is 6.54 Å². The van der Waals surface area contributed by atoms with Gasteiger partial charge in [0.25, 0.3) is 5.56 Å². The normalized spacial score (nSPS) is 10.6. The third-order valence-corrected chi connectivity index (χ3v) is 3.89. The van der Waals surface area contributed by atoms with Gasteiger partial charge in [0.1, 0.15) is 4.88 Å². The second-order valence-corrected chi connectivity index (χ2v) is 5.69. The van der Waals surface area contributed by atoms with Crippen molar-refractivity contribution in [2.24, 2.45) is 0 Å². The Morgan fingerprint density at radius 2 is 2.28 bits per heavy atom. The topological polar surface area (TPSA) is 59.3 Å². The van der Waals surface area contributed by atoms with Gasteiger partial charge in [-0.2, -0.15) is 0 Å². The molecule has 0 bridgehead atoms. The van der Waals surface area contributed by atoms with Gasteiger partial charge in [-0.1, -0.05) is 0 Å². The second-order valence-electron chi connectivity index (χ2n) is 3.85. The number of pyridine rings is 1. The molecule has 0 radical (unpaired) electrons. The first-order valence-electron chi connectivity index (χ1n) is 5.15. The highest BCUT2D eigenvalue weighted by molar-refractivity contribution is 9.10. The minimum absolute atomic E-state index is 0.110. The van der Waals surface area contributed by atoms with Crippen LogP contribution in [0.2, 0.25) is 0 Å². The van der Waals surface area contributed by atoms with Crippen LogP contribution in [0.15, 0.2) is 33.0 Å². The summed E-state index contributed by atoms with van der Waals surface area (Å²) in [6.07, 6.45) is 1.67. The van der Waals surface area contributed by atoms with Gasteiger partial charge >= 0.3 is 5.97 Å². The Morgan fingerprint density at radius 3 is 2.94 bits per heavy atom. The second kappa shape index (κ2) is 5.07. The van der Waals surface area contributed by atoms with Crippen LogP contribution >= 0.6 is 27.3 Å². The molecule has 0 spiro atoms. The maximum absolute atomic E-state index is 11.9. The predicted octanol–water partition coefficient (Wildman–Crippen LogP) is 2.73. The van der Waals surface area contributed by atoms with E-state index in [1.54, 1.807) is 30.6 Å². The molecule has 0 atom stereocenters. The Bertz CT molecular complexity index is 660. The lowest BCUT2D eigenvalue weighted by atomic mass is 10.2. The molecule has 2 rings (SSSR count). The first-order chi connectivity index (χ1) is 8.49. The Morgan fingerprint density at radius 1 is 1.56 bits per heavy atom. The van der Waals surface area contributed by atoms with E-state index >= 15 is 0 Å².